The van der Waals surface area contributed by atoms with E-state index in [0.29, 0.717) is 16.6 Å². The lowest BCUT2D eigenvalue weighted by molar-refractivity contribution is -0.142. The minimum atomic E-state index is -0.515. The van der Waals surface area contributed by atoms with E-state index >= 15 is 0 Å². The molecular weight excluding hydrogens is 340 g/mol. The summed E-state index contributed by atoms with van der Waals surface area (Å²) < 4.78 is 12.7. The zero-order valence-electron chi connectivity index (χ0n) is 13.5. The van der Waals surface area contributed by atoms with Crippen molar-refractivity contribution in [2.24, 2.45) is 0 Å². The first-order valence-electron chi connectivity index (χ1n) is 7.84. The number of ether oxygens (including phenoxy) is 2. The normalized spacial score (nSPS) is 15.0. The number of carbonyl (C=O) groups excluding carboxylic acids is 1. The molecule has 2 aromatic carbocycles. The minimum Gasteiger partial charge on any atom is -0.480 e. The standard InChI is InChI=1S/C19H15ClN2O3/c1-24-18(23)10-17-19-21-14(12-5-3-2-4-6-12)11-22(19)15-9-13(20)7-8-16(15)25-17/h2-9,11,17H,10H2,1H3. The van der Waals surface area contributed by atoms with Gasteiger partial charge in [0.2, 0.25) is 0 Å². The van der Waals surface area contributed by atoms with Crippen molar-refractivity contribution in [2.75, 3.05) is 7.11 Å². The molecule has 1 aliphatic heterocycles. The first-order valence-corrected chi connectivity index (χ1v) is 8.21. The van der Waals surface area contributed by atoms with Gasteiger partial charge in [0.15, 0.2) is 11.9 Å². The summed E-state index contributed by atoms with van der Waals surface area (Å²) in [5.74, 6) is 0.958. The van der Waals surface area contributed by atoms with Gasteiger partial charge in [-0.3, -0.25) is 9.36 Å². The lowest BCUT2D eigenvalue weighted by Gasteiger charge is -2.26. The molecular formula is C19H15ClN2O3. The highest BCUT2D eigenvalue weighted by molar-refractivity contribution is 6.30. The van der Waals surface area contributed by atoms with Crippen LogP contribution in [-0.2, 0) is 9.53 Å². The van der Waals surface area contributed by atoms with Crippen LogP contribution in [0.5, 0.6) is 5.75 Å². The molecule has 0 bridgehead atoms. The molecule has 0 amide bonds. The number of hydrogen-bond acceptors (Lipinski definition) is 4. The van der Waals surface area contributed by atoms with E-state index in [2.05, 4.69) is 0 Å². The first-order chi connectivity index (χ1) is 12.2. The Balaban J connectivity index is 1.84. The Morgan fingerprint density at radius 1 is 1.28 bits per heavy atom. The molecule has 0 saturated carbocycles. The van der Waals surface area contributed by atoms with Crippen LogP contribution in [0.15, 0.2) is 54.7 Å². The molecule has 1 aromatic heterocycles. The number of esters is 1. The Morgan fingerprint density at radius 3 is 2.84 bits per heavy atom. The van der Waals surface area contributed by atoms with E-state index in [1.165, 1.54) is 7.11 Å². The fourth-order valence-corrected chi connectivity index (χ4v) is 3.08. The van der Waals surface area contributed by atoms with Gasteiger partial charge in [0.1, 0.15) is 5.75 Å². The van der Waals surface area contributed by atoms with Crippen LogP contribution in [0.25, 0.3) is 16.9 Å². The van der Waals surface area contributed by atoms with E-state index in [9.17, 15) is 4.79 Å². The fraction of sp³-hybridized carbons (Fsp3) is 0.158. The average Bonchev–Trinajstić information content (AvgIpc) is 3.09. The third kappa shape index (κ3) is 2.87. The molecule has 0 N–H and O–H groups in total. The average molecular weight is 355 g/mol. The predicted molar refractivity (Wildman–Crippen MR) is 94.0 cm³/mol. The molecule has 0 aliphatic carbocycles. The number of nitrogens with zero attached hydrogens (tertiary/aromatic N) is 2. The van der Waals surface area contributed by atoms with Crippen LogP contribution in [0.2, 0.25) is 5.02 Å². The molecule has 6 heteroatoms. The molecule has 3 aromatic rings. The zero-order valence-corrected chi connectivity index (χ0v) is 14.2. The van der Waals surface area contributed by atoms with E-state index in [0.717, 1.165) is 16.9 Å². The van der Waals surface area contributed by atoms with Gasteiger partial charge >= 0.3 is 5.97 Å². The van der Waals surface area contributed by atoms with Gasteiger partial charge in [-0.2, -0.15) is 0 Å². The Kier molecular flexibility index (Phi) is 3.93. The van der Waals surface area contributed by atoms with Gasteiger partial charge in [-0.25, -0.2) is 4.98 Å². The van der Waals surface area contributed by atoms with Gasteiger partial charge in [-0.15, -0.1) is 0 Å². The van der Waals surface area contributed by atoms with E-state index in [4.69, 9.17) is 26.1 Å². The molecule has 126 valence electrons. The van der Waals surface area contributed by atoms with Crippen LogP contribution in [-0.4, -0.2) is 22.6 Å². The molecule has 0 fully saturated rings. The molecule has 1 unspecified atom stereocenters. The van der Waals surface area contributed by atoms with Crippen LogP contribution in [0.1, 0.15) is 18.3 Å². The van der Waals surface area contributed by atoms with Gasteiger partial charge in [-0.1, -0.05) is 41.9 Å². The monoisotopic (exact) mass is 354 g/mol. The van der Waals surface area contributed by atoms with Crippen LogP contribution >= 0.6 is 11.6 Å². The van der Waals surface area contributed by atoms with E-state index in [1.807, 2.05) is 47.2 Å². The lowest BCUT2D eigenvalue weighted by Crippen LogP contribution is -2.22. The smallest absolute Gasteiger partial charge is 0.309 e. The number of imidazole rings is 1. The van der Waals surface area contributed by atoms with Gasteiger partial charge in [0, 0.05) is 16.8 Å². The second-order valence-corrected chi connectivity index (χ2v) is 6.16. The van der Waals surface area contributed by atoms with Crippen molar-refractivity contribution in [3.63, 3.8) is 0 Å². The molecule has 1 atom stereocenters. The third-order valence-electron chi connectivity index (χ3n) is 4.12. The van der Waals surface area contributed by atoms with Crippen molar-refractivity contribution in [2.45, 2.75) is 12.5 Å². The quantitative estimate of drug-likeness (QED) is 0.662. The Bertz CT molecular complexity index is 937. The van der Waals surface area contributed by atoms with Crippen molar-refractivity contribution in [1.29, 1.82) is 0 Å². The van der Waals surface area contributed by atoms with Crippen molar-refractivity contribution < 1.29 is 14.3 Å². The number of hydrogen-bond donors (Lipinski definition) is 0. The molecule has 5 nitrogen and oxygen atoms in total. The van der Waals surface area contributed by atoms with Crippen LogP contribution < -0.4 is 4.74 Å². The predicted octanol–water partition coefficient (Wildman–Crippen LogP) is 4.19. The van der Waals surface area contributed by atoms with Gasteiger partial charge in [0.05, 0.1) is 24.9 Å². The van der Waals surface area contributed by atoms with Crippen molar-refractivity contribution in [3.8, 4) is 22.7 Å². The Morgan fingerprint density at radius 2 is 2.08 bits per heavy atom. The number of methoxy groups -OCH3 is 1. The SMILES string of the molecule is COC(=O)CC1Oc2ccc(Cl)cc2-n2cc(-c3ccccc3)nc21. The molecule has 4 rings (SSSR count). The lowest BCUT2D eigenvalue weighted by atomic mass is 10.1. The summed E-state index contributed by atoms with van der Waals surface area (Å²) in [5, 5.41) is 0.606. The largest absolute Gasteiger partial charge is 0.480 e. The van der Waals surface area contributed by atoms with Gasteiger partial charge in [0.25, 0.3) is 0 Å². The molecule has 0 spiro atoms. The zero-order chi connectivity index (χ0) is 17.4. The van der Waals surface area contributed by atoms with Crippen molar-refractivity contribution in [1.82, 2.24) is 9.55 Å². The fourth-order valence-electron chi connectivity index (χ4n) is 2.91. The van der Waals surface area contributed by atoms with Crippen molar-refractivity contribution in [3.05, 3.63) is 65.6 Å². The molecule has 0 radical (unpaired) electrons. The first kappa shape index (κ1) is 15.7. The summed E-state index contributed by atoms with van der Waals surface area (Å²) >= 11 is 6.15. The number of carbonyl (C=O) groups is 1. The Hall–Kier alpha value is -2.79. The molecule has 0 saturated heterocycles. The van der Waals surface area contributed by atoms with Crippen LogP contribution in [0.3, 0.4) is 0 Å². The maximum Gasteiger partial charge on any atom is 0.309 e. The minimum absolute atomic E-state index is 0.0871. The van der Waals surface area contributed by atoms with Gasteiger partial charge < -0.3 is 9.47 Å². The summed E-state index contributed by atoms with van der Waals surface area (Å²) in [4.78, 5) is 16.5. The summed E-state index contributed by atoms with van der Waals surface area (Å²) in [5.41, 5.74) is 2.60. The number of fused-ring (bicyclic) bond motifs is 3. The third-order valence-corrected chi connectivity index (χ3v) is 4.36. The van der Waals surface area contributed by atoms with E-state index in [1.54, 1.807) is 12.1 Å². The molecule has 2 heterocycles. The highest BCUT2D eigenvalue weighted by Crippen LogP contribution is 2.39. The van der Waals surface area contributed by atoms with Crippen molar-refractivity contribution >= 4 is 17.6 Å². The van der Waals surface area contributed by atoms with E-state index in [-0.39, 0.29) is 12.4 Å². The van der Waals surface area contributed by atoms with Crippen LogP contribution in [0, 0.1) is 0 Å². The highest BCUT2D eigenvalue weighted by atomic mass is 35.5. The maximum absolute atomic E-state index is 11.8. The second kappa shape index (κ2) is 6.26. The number of halogens is 1. The highest BCUT2D eigenvalue weighted by Gasteiger charge is 2.31. The van der Waals surface area contributed by atoms with Crippen LogP contribution in [0.4, 0.5) is 0 Å². The second-order valence-electron chi connectivity index (χ2n) is 5.72. The topological polar surface area (TPSA) is 53.4 Å². The summed E-state index contributed by atoms with van der Waals surface area (Å²) in [6.45, 7) is 0. The van der Waals surface area contributed by atoms with E-state index < -0.39 is 6.10 Å². The number of rotatable bonds is 3. The summed E-state index contributed by atoms with van der Waals surface area (Å²) in [6, 6.07) is 15.2. The molecule has 25 heavy (non-hydrogen) atoms. The Labute approximate surface area is 149 Å². The number of benzene rings is 2. The maximum atomic E-state index is 11.8. The van der Waals surface area contributed by atoms with Gasteiger partial charge in [-0.05, 0) is 18.2 Å². The molecule has 1 aliphatic rings. The summed E-state index contributed by atoms with van der Waals surface area (Å²) in [6.07, 6.45) is 1.51. The number of aromatic nitrogens is 2. The summed E-state index contributed by atoms with van der Waals surface area (Å²) in [7, 11) is 1.36.